The lowest BCUT2D eigenvalue weighted by Gasteiger charge is -2.28. The summed E-state index contributed by atoms with van der Waals surface area (Å²) in [6.45, 7) is 5.65. The number of rotatable bonds is 4. The molecule has 3 amide bonds. The zero-order chi connectivity index (χ0) is 16.3. The van der Waals surface area contributed by atoms with E-state index in [9.17, 15) is 14.4 Å². The van der Waals surface area contributed by atoms with E-state index in [1.54, 1.807) is 4.90 Å². The van der Waals surface area contributed by atoms with Crippen molar-refractivity contribution in [3.05, 3.63) is 11.3 Å². The second-order valence-corrected chi connectivity index (χ2v) is 5.11. The lowest BCUT2D eigenvalue weighted by molar-refractivity contribution is -0.136. The van der Waals surface area contributed by atoms with Gasteiger partial charge in [-0.1, -0.05) is 6.92 Å². The van der Waals surface area contributed by atoms with Gasteiger partial charge >= 0.3 is 0 Å². The molecule has 0 spiro atoms. The Morgan fingerprint density at radius 3 is 2.73 bits per heavy atom. The van der Waals surface area contributed by atoms with Gasteiger partial charge in [-0.25, -0.2) is 0 Å². The summed E-state index contributed by atoms with van der Waals surface area (Å²) in [5.41, 5.74) is 0.856. The Morgan fingerprint density at radius 1 is 1.36 bits per heavy atom. The predicted octanol–water partition coefficient (Wildman–Crippen LogP) is -0.125. The summed E-state index contributed by atoms with van der Waals surface area (Å²) < 4.78 is 0. The highest BCUT2D eigenvalue weighted by Gasteiger charge is 2.40. The molecule has 118 valence electrons. The molecule has 2 aliphatic heterocycles. The van der Waals surface area contributed by atoms with Crippen molar-refractivity contribution in [3.63, 3.8) is 0 Å². The Morgan fingerprint density at radius 2 is 2.09 bits per heavy atom. The molecule has 0 atom stereocenters. The molecule has 2 heterocycles. The molecule has 0 aromatic heterocycles. The van der Waals surface area contributed by atoms with Gasteiger partial charge in [0, 0.05) is 32.3 Å². The van der Waals surface area contributed by atoms with E-state index in [-0.39, 0.29) is 24.3 Å². The maximum Gasteiger partial charge on any atom is 0.277 e. The molecule has 0 saturated heterocycles. The average Bonchev–Trinajstić information content (AvgIpc) is 2.72. The number of nitrogens with one attached hydrogen (secondary N) is 1. The molecular formula is C14H19N5O3. The minimum absolute atomic E-state index is 0.00184. The Hall–Kier alpha value is -2.51. The van der Waals surface area contributed by atoms with E-state index >= 15 is 0 Å². The summed E-state index contributed by atoms with van der Waals surface area (Å²) in [7, 11) is 1.46. The molecule has 0 aromatic carbocycles. The molecule has 1 N–H and O–H groups in total. The quantitative estimate of drug-likeness (QED) is 0.339. The smallest absolute Gasteiger partial charge is 0.277 e. The summed E-state index contributed by atoms with van der Waals surface area (Å²) in [6.07, 6.45) is 1.82. The van der Waals surface area contributed by atoms with Crippen LogP contribution < -0.4 is 5.32 Å². The van der Waals surface area contributed by atoms with Crippen LogP contribution in [0.15, 0.2) is 21.5 Å². The molecule has 0 aliphatic carbocycles. The molecule has 0 radical (unpaired) electrons. The van der Waals surface area contributed by atoms with Gasteiger partial charge in [-0.2, -0.15) is 5.10 Å². The van der Waals surface area contributed by atoms with E-state index in [1.807, 2.05) is 6.92 Å². The Balaban J connectivity index is 2.11. The number of amidine groups is 1. The van der Waals surface area contributed by atoms with Gasteiger partial charge in [0.1, 0.15) is 11.5 Å². The maximum atomic E-state index is 12.1. The number of carbonyl (C=O) groups excluding carboxylic acids is 3. The minimum atomic E-state index is -0.343. The molecule has 8 nitrogen and oxygen atoms in total. The second kappa shape index (κ2) is 6.50. The Labute approximate surface area is 128 Å². The fourth-order valence-corrected chi connectivity index (χ4v) is 2.60. The van der Waals surface area contributed by atoms with Crippen LogP contribution in [0.4, 0.5) is 0 Å². The first-order valence-corrected chi connectivity index (χ1v) is 7.12. The summed E-state index contributed by atoms with van der Waals surface area (Å²) in [5, 5.41) is 9.74. The van der Waals surface area contributed by atoms with Crippen molar-refractivity contribution in [1.29, 1.82) is 0 Å². The molecule has 0 aromatic rings. The van der Waals surface area contributed by atoms with Crippen LogP contribution in [0.1, 0.15) is 26.2 Å². The number of hydrogen-bond acceptors (Lipinski definition) is 6. The van der Waals surface area contributed by atoms with Crippen LogP contribution in [0, 0.1) is 0 Å². The van der Waals surface area contributed by atoms with E-state index in [1.165, 1.54) is 7.05 Å². The first kappa shape index (κ1) is 15.9. The summed E-state index contributed by atoms with van der Waals surface area (Å²) in [4.78, 5) is 39.0. The van der Waals surface area contributed by atoms with Crippen LogP contribution in [-0.2, 0) is 14.4 Å². The number of hydrogen-bond donors (Lipinski definition) is 1. The van der Waals surface area contributed by atoms with Gasteiger partial charge in [0.25, 0.3) is 11.8 Å². The van der Waals surface area contributed by atoms with Crippen molar-refractivity contribution >= 4 is 30.3 Å². The fourth-order valence-electron chi connectivity index (χ4n) is 2.60. The lowest BCUT2D eigenvalue weighted by atomic mass is 10.0. The number of imide groups is 1. The normalized spacial score (nSPS) is 18.7. The third-order valence-electron chi connectivity index (χ3n) is 3.67. The third kappa shape index (κ3) is 2.90. The first-order valence-electron chi connectivity index (χ1n) is 7.12. The summed E-state index contributed by atoms with van der Waals surface area (Å²) in [5.74, 6) is -0.494. The number of likely N-dealkylation sites (N-methyl/N-ethyl adjacent to an activating group) is 1. The zero-order valence-corrected chi connectivity index (χ0v) is 12.8. The lowest BCUT2D eigenvalue weighted by Crippen LogP contribution is -2.42. The Bertz CT molecular complexity index is 593. The van der Waals surface area contributed by atoms with E-state index in [0.717, 1.165) is 11.3 Å². The largest absolute Gasteiger partial charge is 0.357 e. The van der Waals surface area contributed by atoms with Crippen molar-refractivity contribution in [1.82, 2.24) is 15.1 Å². The summed E-state index contributed by atoms with van der Waals surface area (Å²) >= 11 is 0. The molecule has 0 saturated carbocycles. The third-order valence-corrected chi connectivity index (χ3v) is 3.67. The first-order chi connectivity index (χ1) is 10.5. The van der Waals surface area contributed by atoms with Gasteiger partial charge in [0.05, 0.1) is 6.54 Å². The monoisotopic (exact) mass is 305 g/mol. The van der Waals surface area contributed by atoms with Crippen molar-refractivity contribution in [3.8, 4) is 0 Å². The zero-order valence-electron chi connectivity index (χ0n) is 12.8. The highest BCUT2D eigenvalue weighted by Crippen LogP contribution is 2.30. The highest BCUT2D eigenvalue weighted by atomic mass is 16.2. The van der Waals surface area contributed by atoms with Gasteiger partial charge in [0.15, 0.2) is 0 Å². The topological polar surface area (TPSA) is 94.4 Å². The molecule has 0 fully saturated rings. The van der Waals surface area contributed by atoms with E-state index in [0.29, 0.717) is 36.5 Å². The minimum Gasteiger partial charge on any atom is -0.357 e. The predicted molar refractivity (Wildman–Crippen MR) is 81.0 cm³/mol. The molecule has 22 heavy (non-hydrogen) atoms. The van der Waals surface area contributed by atoms with Gasteiger partial charge in [-0.15, -0.1) is 5.10 Å². The van der Waals surface area contributed by atoms with Crippen molar-refractivity contribution in [2.75, 3.05) is 20.1 Å². The van der Waals surface area contributed by atoms with Gasteiger partial charge in [-0.05, 0) is 12.8 Å². The summed E-state index contributed by atoms with van der Waals surface area (Å²) in [6, 6.07) is 0. The molecular weight excluding hydrogens is 286 g/mol. The fraction of sp³-hybridized carbons (Fsp3) is 0.500. The van der Waals surface area contributed by atoms with Crippen LogP contribution in [0.25, 0.3) is 0 Å². The van der Waals surface area contributed by atoms with Crippen molar-refractivity contribution < 1.29 is 14.4 Å². The van der Waals surface area contributed by atoms with Crippen LogP contribution >= 0.6 is 0 Å². The van der Waals surface area contributed by atoms with E-state index in [2.05, 4.69) is 22.2 Å². The molecule has 8 heteroatoms. The standard InChI is InChI=1S/C14H19N5O3/c1-4-10(17-15-2)16-11(20)8-19-7-5-6-9-12(19)14(22)18(3)13(9)21/h2,4-8H2,1,3H3,(H,16,17,20). The van der Waals surface area contributed by atoms with Crippen molar-refractivity contribution in [2.24, 2.45) is 10.2 Å². The SMILES string of the molecule is C=N/N=C(/CC)NC(=O)CN1CCCC2=C1C(=O)N(C)C2=O. The van der Waals surface area contributed by atoms with Gasteiger partial charge < -0.3 is 10.2 Å². The molecule has 2 aliphatic rings. The van der Waals surface area contributed by atoms with Crippen LogP contribution in [0.2, 0.25) is 0 Å². The Kier molecular flexibility index (Phi) is 4.69. The molecule has 0 unspecified atom stereocenters. The molecule has 2 rings (SSSR count). The average molecular weight is 305 g/mol. The van der Waals surface area contributed by atoms with Crippen molar-refractivity contribution in [2.45, 2.75) is 26.2 Å². The van der Waals surface area contributed by atoms with Crippen LogP contribution in [0.5, 0.6) is 0 Å². The van der Waals surface area contributed by atoms with Crippen LogP contribution in [-0.4, -0.2) is 60.2 Å². The number of amides is 3. The van der Waals surface area contributed by atoms with Gasteiger partial charge in [0.2, 0.25) is 5.91 Å². The maximum absolute atomic E-state index is 12.1. The van der Waals surface area contributed by atoms with Crippen LogP contribution in [0.3, 0.4) is 0 Å². The van der Waals surface area contributed by atoms with E-state index < -0.39 is 0 Å². The number of carbonyl (C=O) groups is 3. The van der Waals surface area contributed by atoms with E-state index in [4.69, 9.17) is 0 Å². The number of nitrogens with zero attached hydrogens (tertiary/aromatic N) is 4. The second-order valence-electron chi connectivity index (χ2n) is 5.11. The molecule has 0 bridgehead atoms. The van der Waals surface area contributed by atoms with Gasteiger partial charge in [-0.3, -0.25) is 19.3 Å². The highest BCUT2D eigenvalue weighted by molar-refractivity contribution is 6.19.